The number of hydrazone groups is 1. The number of aromatic hydroxyl groups is 1. The summed E-state index contributed by atoms with van der Waals surface area (Å²) in [6.07, 6.45) is -3.74. The summed E-state index contributed by atoms with van der Waals surface area (Å²) in [7, 11) is 0. The molecule has 2 amide bonds. The number of nitrogens with zero attached hydrogens (tertiary/aromatic N) is 1. The minimum Gasteiger partial charge on any atom is -0.503 e. The van der Waals surface area contributed by atoms with Crippen molar-refractivity contribution in [2.45, 2.75) is 25.9 Å². The maximum Gasteiger partial charge on any atom is 0.416 e. The van der Waals surface area contributed by atoms with Crippen LogP contribution in [0, 0.1) is 0 Å². The standard InChI is InChI=1S/C20H19ClF3N3O4/c1-2-31-16-9-12(8-15(21)19(16)30)11-25-27-18(29)7-6-17(28)26-14-5-3-4-13(10-14)20(22,23)24/h3-5,8-11,30H,2,6-7H2,1H3,(H,26,28)(H,27,29)/b25-11+. The van der Waals surface area contributed by atoms with Gasteiger partial charge in [0, 0.05) is 18.5 Å². The Balaban J connectivity index is 1.85. The van der Waals surface area contributed by atoms with Crippen molar-refractivity contribution >= 4 is 35.3 Å². The second-order valence-electron chi connectivity index (χ2n) is 6.20. The summed E-state index contributed by atoms with van der Waals surface area (Å²) in [5.41, 5.74) is 1.76. The van der Waals surface area contributed by atoms with Crippen LogP contribution in [0.2, 0.25) is 5.02 Å². The molecule has 31 heavy (non-hydrogen) atoms. The summed E-state index contributed by atoms with van der Waals surface area (Å²) >= 11 is 5.90. The number of phenolic OH excluding ortho intramolecular Hbond substituents is 1. The Hall–Kier alpha value is -3.27. The molecule has 0 aliphatic heterocycles. The second-order valence-corrected chi connectivity index (χ2v) is 6.61. The van der Waals surface area contributed by atoms with Crippen molar-refractivity contribution in [1.29, 1.82) is 0 Å². The second kappa shape index (κ2) is 10.7. The molecular weight excluding hydrogens is 439 g/mol. The molecule has 7 nitrogen and oxygen atoms in total. The highest BCUT2D eigenvalue weighted by Gasteiger charge is 2.30. The van der Waals surface area contributed by atoms with Crippen LogP contribution in [-0.4, -0.2) is 29.7 Å². The highest BCUT2D eigenvalue weighted by molar-refractivity contribution is 6.32. The molecule has 0 saturated carbocycles. The molecule has 0 radical (unpaired) electrons. The van der Waals surface area contributed by atoms with E-state index in [0.717, 1.165) is 12.1 Å². The van der Waals surface area contributed by atoms with E-state index in [2.05, 4.69) is 15.8 Å². The minimum atomic E-state index is -4.52. The first-order valence-corrected chi connectivity index (χ1v) is 9.42. The molecule has 0 aromatic heterocycles. The van der Waals surface area contributed by atoms with Gasteiger partial charge in [0.05, 0.1) is 23.4 Å². The third kappa shape index (κ3) is 7.49. The Kier molecular flexibility index (Phi) is 8.26. The van der Waals surface area contributed by atoms with Crippen molar-refractivity contribution in [1.82, 2.24) is 5.43 Å². The van der Waals surface area contributed by atoms with E-state index in [1.54, 1.807) is 6.92 Å². The van der Waals surface area contributed by atoms with E-state index in [9.17, 15) is 27.9 Å². The summed E-state index contributed by atoms with van der Waals surface area (Å²) in [4.78, 5) is 23.7. The number of phenols is 1. The van der Waals surface area contributed by atoms with Gasteiger partial charge in [-0.15, -0.1) is 0 Å². The fourth-order valence-electron chi connectivity index (χ4n) is 2.39. The van der Waals surface area contributed by atoms with Gasteiger partial charge in [-0.1, -0.05) is 17.7 Å². The lowest BCUT2D eigenvalue weighted by molar-refractivity contribution is -0.137. The third-order valence-corrected chi connectivity index (χ3v) is 4.09. The van der Waals surface area contributed by atoms with E-state index in [1.165, 1.54) is 30.5 Å². The number of alkyl halides is 3. The first-order chi connectivity index (χ1) is 14.6. The van der Waals surface area contributed by atoms with Crippen molar-refractivity contribution in [3.63, 3.8) is 0 Å². The zero-order valence-corrected chi connectivity index (χ0v) is 17.0. The van der Waals surface area contributed by atoms with Crippen molar-refractivity contribution < 1.29 is 32.6 Å². The quantitative estimate of drug-likeness (QED) is 0.405. The van der Waals surface area contributed by atoms with Gasteiger partial charge >= 0.3 is 6.18 Å². The topological polar surface area (TPSA) is 100 Å². The number of rotatable bonds is 8. The van der Waals surface area contributed by atoms with Crippen molar-refractivity contribution in [3.05, 3.63) is 52.5 Å². The van der Waals surface area contributed by atoms with E-state index >= 15 is 0 Å². The van der Waals surface area contributed by atoms with E-state index in [1.807, 2.05) is 0 Å². The molecule has 0 fully saturated rings. The molecule has 166 valence electrons. The molecule has 3 N–H and O–H groups in total. The van der Waals surface area contributed by atoms with Crippen LogP contribution in [0.4, 0.5) is 18.9 Å². The van der Waals surface area contributed by atoms with Gasteiger partial charge in [-0.2, -0.15) is 18.3 Å². The van der Waals surface area contributed by atoms with Gasteiger partial charge in [-0.05, 0) is 42.8 Å². The van der Waals surface area contributed by atoms with Gasteiger partial charge in [0.1, 0.15) is 0 Å². The molecular formula is C20H19ClF3N3O4. The fourth-order valence-corrected chi connectivity index (χ4v) is 2.61. The van der Waals surface area contributed by atoms with Crippen LogP contribution < -0.4 is 15.5 Å². The summed E-state index contributed by atoms with van der Waals surface area (Å²) in [6, 6.07) is 7.07. The lowest BCUT2D eigenvalue weighted by Gasteiger charge is -2.09. The Labute approximate surface area is 180 Å². The predicted octanol–water partition coefficient (Wildman–Crippen LogP) is 4.33. The summed E-state index contributed by atoms with van der Waals surface area (Å²) in [5, 5.41) is 15.9. The Morgan fingerprint density at radius 3 is 2.58 bits per heavy atom. The molecule has 2 aromatic rings. The molecule has 0 aliphatic carbocycles. The molecule has 0 atom stereocenters. The number of ether oxygens (including phenoxy) is 1. The van der Waals surface area contributed by atoms with E-state index < -0.39 is 23.6 Å². The molecule has 0 bridgehead atoms. The average molecular weight is 458 g/mol. The van der Waals surface area contributed by atoms with E-state index in [-0.39, 0.29) is 35.1 Å². The fraction of sp³-hybridized carbons (Fsp3) is 0.250. The molecule has 0 saturated heterocycles. The van der Waals surface area contributed by atoms with Crippen LogP contribution in [0.5, 0.6) is 11.5 Å². The monoisotopic (exact) mass is 457 g/mol. The predicted molar refractivity (Wildman–Crippen MR) is 109 cm³/mol. The van der Waals surface area contributed by atoms with Crippen LogP contribution in [0.3, 0.4) is 0 Å². The van der Waals surface area contributed by atoms with Crippen molar-refractivity contribution in [2.24, 2.45) is 5.10 Å². The smallest absolute Gasteiger partial charge is 0.416 e. The van der Waals surface area contributed by atoms with Crippen molar-refractivity contribution in [3.8, 4) is 11.5 Å². The number of carbonyl (C=O) groups is 2. The number of hydrogen-bond donors (Lipinski definition) is 3. The van der Waals surface area contributed by atoms with Crippen LogP contribution in [0.25, 0.3) is 0 Å². The number of halogens is 4. The highest BCUT2D eigenvalue weighted by Crippen LogP contribution is 2.34. The number of carbonyl (C=O) groups excluding carboxylic acids is 2. The number of benzene rings is 2. The molecule has 2 rings (SSSR count). The molecule has 2 aromatic carbocycles. The normalized spacial score (nSPS) is 11.4. The van der Waals surface area contributed by atoms with Gasteiger partial charge in [0.15, 0.2) is 11.5 Å². The van der Waals surface area contributed by atoms with E-state index in [4.69, 9.17) is 16.3 Å². The lowest BCUT2D eigenvalue weighted by atomic mass is 10.2. The van der Waals surface area contributed by atoms with Crippen LogP contribution in [0.15, 0.2) is 41.5 Å². The highest BCUT2D eigenvalue weighted by atomic mass is 35.5. The summed E-state index contributed by atoms with van der Waals surface area (Å²) in [6.45, 7) is 2.04. The van der Waals surface area contributed by atoms with E-state index in [0.29, 0.717) is 12.2 Å². The van der Waals surface area contributed by atoms with Gasteiger partial charge in [0.2, 0.25) is 11.8 Å². The number of hydrogen-bond acceptors (Lipinski definition) is 5. The van der Waals surface area contributed by atoms with Gasteiger partial charge in [-0.25, -0.2) is 5.43 Å². The lowest BCUT2D eigenvalue weighted by Crippen LogP contribution is -2.20. The molecule has 0 heterocycles. The first-order valence-electron chi connectivity index (χ1n) is 9.04. The van der Waals surface area contributed by atoms with Crippen LogP contribution in [0.1, 0.15) is 30.9 Å². The first kappa shape index (κ1) is 24.0. The van der Waals surface area contributed by atoms with Crippen LogP contribution >= 0.6 is 11.6 Å². The average Bonchev–Trinajstić information content (AvgIpc) is 2.70. The molecule has 0 unspecified atom stereocenters. The number of amides is 2. The zero-order valence-electron chi connectivity index (χ0n) is 16.3. The third-order valence-electron chi connectivity index (χ3n) is 3.81. The molecule has 0 spiro atoms. The van der Waals surface area contributed by atoms with Gasteiger partial charge < -0.3 is 15.2 Å². The maximum absolute atomic E-state index is 12.7. The summed E-state index contributed by atoms with van der Waals surface area (Å²) < 4.78 is 43.3. The Morgan fingerprint density at radius 1 is 1.19 bits per heavy atom. The number of nitrogens with one attached hydrogen (secondary N) is 2. The Bertz CT molecular complexity index is 981. The summed E-state index contributed by atoms with van der Waals surface area (Å²) in [5.74, 6) is -1.25. The Morgan fingerprint density at radius 2 is 1.90 bits per heavy atom. The largest absolute Gasteiger partial charge is 0.503 e. The molecule has 11 heteroatoms. The zero-order chi connectivity index (χ0) is 23.0. The van der Waals surface area contributed by atoms with Gasteiger partial charge in [-0.3, -0.25) is 9.59 Å². The number of anilines is 1. The minimum absolute atomic E-state index is 0.0208. The SMILES string of the molecule is CCOc1cc(/C=N/NC(=O)CCC(=O)Nc2cccc(C(F)(F)F)c2)cc(Cl)c1O. The van der Waals surface area contributed by atoms with Crippen molar-refractivity contribution in [2.75, 3.05) is 11.9 Å². The maximum atomic E-state index is 12.7. The molecule has 0 aliphatic rings. The van der Waals surface area contributed by atoms with Gasteiger partial charge in [0.25, 0.3) is 0 Å². The van der Waals surface area contributed by atoms with Crippen LogP contribution in [-0.2, 0) is 15.8 Å².